The zero-order valence-electron chi connectivity index (χ0n) is 12.4. The second kappa shape index (κ2) is 7.54. The number of nitriles is 1. The quantitative estimate of drug-likeness (QED) is 0.354. The largest absolute Gasteiger partial charge is 0.493 e. The Morgan fingerprint density at radius 2 is 2.05 bits per heavy atom. The molecule has 108 valence electrons. The summed E-state index contributed by atoms with van der Waals surface area (Å²) in [6, 6.07) is 9.80. The van der Waals surface area contributed by atoms with Crippen LogP contribution in [0.5, 0.6) is 5.75 Å². The second-order valence-corrected chi connectivity index (χ2v) is 5.48. The minimum absolute atomic E-state index is 0.266. The fraction of sp³-hybridized carbons (Fsp3) is 0.500. The molecule has 0 atom stereocenters. The second-order valence-electron chi connectivity index (χ2n) is 5.48. The Morgan fingerprint density at radius 3 is 2.70 bits per heavy atom. The summed E-state index contributed by atoms with van der Waals surface area (Å²) in [6.45, 7) is 6.23. The highest BCUT2D eigenvalue weighted by molar-refractivity contribution is 6.00. The van der Waals surface area contributed by atoms with Gasteiger partial charge in [0.1, 0.15) is 5.75 Å². The lowest BCUT2D eigenvalue weighted by atomic mass is 9.89. The van der Waals surface area contributed by atoms with Crippen LogP contribution in [0.4, 0.5) is 0 Å². The molecule has 1 aromatic rings. The molecule has 0 aliphatic heterocycles. The highest BCUT2D eigenvalue weighted by Gasteiger charge is 2.15. The molecule has 0 saturated heterocycles. The van der Waals surface area contributed by atoms with Gasteiger partial charge in [-0.2, -0.15) is 5.26 Å². The van der Waals surface area contributed by atoms with Crippen LogP contribution in [0.15, 0.2) is 29.4 Å². The van der Waals surface area contributed by atoms with Crippen LogP contribution in [0, 0.1) is 16.7 Å². The van der Waals surface area contributed by atoms with Gasteiger partial charge in [-0.25, -0.2) is 0 Å². The van der Waals surface area contributed by atoms with Gasteiger partial charge in [-0.15, -0.1) is 0 Å². The number of nitrogens with zero attached hydrogens (tertiary/aromatic N) is 2. The van der Waals surface area contributed by atoms with Gasteiger partial charge < -0.3 is 9.94 Å². The van der Waals surface area contributed by atoms with E-state index in [1.54, 1.807) is 6.92 Å². The van der Waals surface area contributed by atoms with Gasteiger partial charge in [0.05, 0.1) is 23.8 Å². The lowest BCUT2D eigenvalue weighted by Gasteiger charge is -2.15. The summed E-state index contributed by atoms with van der Waals surface area (Å²) in [6.07, 6.45) is 2.72. The first-order chi connectivity index (χ1) is 9.50. The Hall–Kier alpha value is -2.02. The molecule has 0 aliphatic carbocycles. The van der Waals surface area contributed by atoms with E-state index in [1.165, 1.54) is 0 Å². The molecule has 1 rings (SSSR count). The molecule has 4 nitrogen and oxygen atoms in total. The van der Waals surface area contributed by atoms with Crippen molar-refractivity contribution in [3.63, 3.8) is 0 Å². The predicted molar refractivity (Wildman–Crippen MR) is 79.2 cm³/mol. The van der Waals surface area contributed by atoms with Crippen molar-refractivity contribution in [1.29, 1.82) is 5.26 Å². The van der Waals surface area contributed by atoms with Crippen LogP contribution in [-0.4, -0.2) is 17.5 Å². The van der Waals surface area contributed by atoms with E-state index in [4.69, 9.17) is 15.2 Å². The summed E-state index contributed by atoms with van der Waals surface area (Å²) < 4.78 is 5.73. The average Bonchev–Trinajstić information content (AvgIpc) is 2.46. The third kappa shape index (κ3) is 4.93. The van der Waals surface area contributed by atoms with E-state index in [2.05, 4.69) is 11.2 Å². The van der Waals surface area contributed by atoms with Gasteiger partial charge in [-0.05, 0) is 52.2 Å². The van der Waals surface area contributed by atoms with Crippen LogP contribution in [-0.2, 0) is 0 Å². The van der Waals surface area contributed by atoms with Crippen molar-refractivity contribution in [3.8, 4) is 11.8 Å². The molecule has 0 spiro atoms. The number of hydrogen-bond donors (Lipinski definition) is 1. The third-order valence-electron chi connectivity index (χ3n) is 3.18. The number of rotatable bonds is 7. The maximum absolute atomic E-state index is 8.94. The van der Waals surface area contributed by atoms with Crippen molar-refractivity contribution in [2.75, 3.05) is 6.61 Å². The van der Waals surface area contributed by atoms with Gasteiger partial charge in [-0.1, -0.05) is 17.3 Å². The fourth-order valence-electron chi connectivity index (χ4n) is 1.85. The summed E-state index contributed by atoms with van der Waals surface area (Å²) in [5.41, 5.74) is 1.07. The van der Waals surface area contributed by atoms with Gasteiger partial charge in [0.15, 0.2) is 0 Å². The van der Waals surface area contributed by atoms with E-state index < -0.39 is 0 Å². The molecule has 0 bridgehead atoms. The van der Waals surface area contributed by atoms with Crippen molar-refractivity contribution in [2.24, 2.45) is 10.6 Å². The first-order valence-electron chi connectivity index (χ1n) is 6.82. The summed E-state index contributed by atoms with van der Waals surface area (Å²) in [5.74, 6) is 0.724. The minimum Gasteiger partial charge on any atom is -0.493 e. The Kier molecular flexibility index (Phi) is 6.05. The van der Waals surface area contributed by atoms with Crippen molar-refractivity contribution in [3.05, 3.63) is 29.8 Å². The minimum atomic E-state index is -0.266. The van der Waals surface area contributed by atoms with Crippen molar-refractivity contribution < 1.29 is 9.94 Å². The maximum Gasteiger partial charge on any atom is 0.128 e. The number of oxime groups is 1. The highest BCUT2D eigenvalue weighted by Crippen LogP contribution is 2.22. The molecule has 0 radical (unpaired) electrons. The van der Waals surface area contributed by atoms with Crippen LogP contribution in [0.2, 0.25) is 0 Å². The van der Waals surface area contributed by atoms with E-state index in [1.807, 2.05) is 38.1 Å². The molecule has 0 aliphatic rings. The molecule has 0 unspecified atom stereocenters. The van der Waals surface area contributed by atoms with Crippen molar-refractivity contribution in [2.45, 2.75) is 40.0 Å². The van der Waals surface area contributed by atoms with Gasteiger partial charge in [0, 0.05) is 5.56 Å². The summed E-state index contributed by atoms with van der Waals surface area (Å²) in [4.78, 5) is 0. The molecule has 0 heterocycles. The van der Waals surface area contributed by atoms with Crippen molar-refractivity contribution >= 4 is 5.71 Å². The van der Waals surface area contributed by atoms with E-state index in [-0.39, 0.29) is 5.41 Å². The zero-order valence-corrected chi connectivity index (χ0v) is 12.4. The van der Waals surface area contributed by atoms with E-state index in [9.17, 15) is 0 Å². The van der Waals surface area contributed by atoms with Crippen LogP contribution < -0.4 is 4.74 Å². The number of benzene rings is 1. The normalized spacial score (nSPS) is 12.0. The Morgan fingerprint density at radius 1 is 1.35 bits per heavy atom. The molecule has 1 N–H and O–H groups in total. The predicted octanol–water partition coefficient (Wildman–Crippen LogP) is 3.98. The number of para-hydroxylation sites is 1. The maximum atomic E-state index is 8.94. The highest BCUT2D eigenvalue weighted by atomic mass is 16.5. The van der Waals surface area contributed by atoms with E-state index in [0.29, 0.717) is 12.3 Å². The van der Waals surface area contributed by atoms with E-state index in [0.717, 1.165) is 30.6 Å². The number of ether oxygens (including phenoxy) is 1. The third-order valence-corrected chi connectivity index (χ3v) is 3.18. The van der Waals surface area contributed by atoms with Gasteiger partial charge in [0.2, 0.25) is 0 Å². The molecule has 0 aromatic heterocycles. The number of unbranched alkanes of at least 4 members (excludes halogenated alkanes) is 1. The fourth-order valence-corrected chi connectivity index (χ4v) is 1.85. The van der Waals surface area contributed by atoms with Gasteiger partial charge in [0.25, 0.3) is 0 Å². The Balaban J connectivity index is 2.46. The summed E-state index contributed by atoms with van der Waals surface area (Å²) in [5, 5.41) is 21.0. The smallest absolute Gasteiger partial charge is 0.128 e. The summed E-state index contributed by atoms with van der Waals surface area (Å²) in [7, 11) is 0. The molecular weight excluding hydrogens is 252 g/mol. The molecule has 1 aromatic carbocycles. The first kappa shape index (κ1) is 16.0. The van der Waals surface area contributed by atoms with Gasteiger partial charge >= 0.3 is 0 Å². The monoisotopic (exact) mass is 274 g/mol. The van der Waals surface area contributed by atoms with Crippen LogP contribution in [0.1, 0.15) is 45.6 Å². The Labute approximate surface area is 120 Å². The SMILES string of the molecule is C/C(=N/O)c1ccccc1OCCCCC(C)(C)C#N. The van der Waals surface area contributed by atoms with Crippen LogP contribution in [0.25, 0.3) is 0 Å². The van der Waals surface area contributed by atoms with Crippen LogP contribution >= 0.6 is 0 Å². The molecule has 0 amide bonds. The number of hydrogen-bond acceptors (Lipinski definition) is 4. The zero-order chi connectivity index (χ0) is 15.0. The Bertz CT molecular complexity index is 501. The lowest BCUT2D eigenvalue weighted by Crippen LogP contribution is -2.09. The molecular formula is C16H22N2O2. The topological polar surface area (TPSA) is 65.6 Å². The average molecular weight is 274 g/mol. The van der Waals surface area contributed by atoms with E-state index >= 15 is 0 Å². The van der Waals surface area contributed by atoms with Crippen molar-refractivity contribution in [1.82, 2.24) is 0 Å². The van der Waals surface area contributed by atoms with Gasteiger partial charge in [-0.3, -0.25) is 0 Å². The summed E-state index contributed by atoms with van der Waals surface area (Å²) >= 11 is 0. The molecule has 0 fully saturated rings. The first-order valence-corrected chi connectivity index (χ1v) is 6.82. The molecule has 0 saturated carbocycles. The van der Waals surface area contributed by atoms with Crippen LogP contribution in [0.3, 0.4) is 0 Å². The lowest BCUT2D eigenvalue weighted by molar-refractivity contribution is 0.293. The standard InChI is InChI=1S/C16H22N2O2/c1-13(18-19)14-8-4-5-9-15(14)20-11-7-6-10-16(2,3)12-17/h4-5,8-9,19H,6-7,10-11H2,1-3H3/b18-13-. The molecule has 20 heavy (non-hydrogen) atoms. The molecule has 4 heteroatoms.